The van der Waals surface area contributed by atoms with Gasteiger partial charge in [-0.1, -0.05) is 267 Å². The lowest BCUT2D eigenvalue weighted by molar-refractivity contribution is -0.379. The molecule has 19 nitrogen and oxygen atoms in total. The number of allylic oxidation sites excluding steroid dienone is 11. The fourth-order valence-corrected chi connectivity index (χ4v) is 12.7. The summed E-state index contributed by atoms with van der Waals surface area (Å²) in [5, 5.41) is 121. The van der Waals surface area contributed by atoms with Crippen LogP contribution in [0.4, 0.5) is 0 Å². The zero-order chi connectivity index (χ0) is 70.4. The van der Waals surface area contributed by atoms with Crippen LogP contribution in [-0.2, 0) is 33.2 Å². The van der Waals surface area contributed by atoms with Gasteiger partial charge in [0.25, 0.3) is 0 Å². The highest BCUT2D eigenvalue weighted by Gasteiger charge is 2.53. The number of hydrogen-bond donors (Lipinski definition) is 12. The Kier molecular flexibility index (Phi) is 53.5. The van der Waals surface area contributed by atoms with E-state index in [4.69, 9.17) is 28.4 Å². The van der Waals surface area contributed by atoms with Crippen LogP contribution >= 0.6 is 0 Å². The van der Waals surface area contributed by atoms with Gasteiger partial charge in [0, 0.05) is 6.42 Å². The van der Waals surface area contributed by atoms with Crippen molar-refractivity contribution < 1.29 is 89.4 Å². The SMILES string of the molecule is CCCCCCC/C=C\C/C=C\C/C=C\CCCCCCCCCCC(=O)NC(COC1OC(CO)C(OC2OC(CO)C(OC3OC(CO)C(O)C(O)C3O)C(O)C2O)C(O)C1O)C(O)/C=C/CC/C=C/CC/C=C/CCCCCCCCCCCCCCCCCCCCC. The molecule has 0 saturated carbocycles. The Morgan fingerprint density at radius 2 is 0.691 bits per heavy atom. The molecular formula is C78H139NO18. The number of aliphatic hydroxyl groups is 11. The zero-order valence-electron chi connectivity index (χ0n) is 60.0. The Balaban J connectivity index is 1.42. The third kappa shape index (κ3) is 39.5. The van der Waals surface area contributed by atoms with E-state index in [1.807, 2.05) is 6.08 Å². The Bertz CT molecular complexity index is 2040. The van der Waals surface area contributed by atoms with E-state index in [2.05, 4.69) is 79.9 Å². The van der Waals surface area contributed by atoms with Crippen LogP contribution in [0.3, 0.4) is 0 Å². The highest BCUT2D eigenvalue weighted by Crippen LogP contribution is 2.33. The summed E-state index contributed by atoms with van der Waals surface area (Å²) in [5.41, 5.74) is 0. The van der Waals surface area contributed by atoms with E-state index in [1.165, 1.54) is 180 Å². The largest absolute Gasteiger partial charge is 0.394 e. The van der Waals surface area contributed by atoms with E-state index in [0.29, 0.717) is 12.8 Å². The highest BCUT2D eigenvalue weighted by atomic mass is 16.8. The molecule has 0 bridgehead atoms. The monoisotopic (exact) mass is 1380 g/mol. The number of ether oxygens (including phenoxy) is 6. The minimum absolute atomic E-state index is 0.221. The summed E-state index contributed by atoms with van der Waals surface area (Å²) < 4.78 is 34.4. The first-order valence-electron chi connectivity index (χ1n) is 38.7. The molecule has 3 heterocycles. The lowest BCUT2D eigenvalue weighted by atomic mass is 9.96. The number of amides is 1. The van der Waals surface area contributed by atoms with Gasteiger partial charge in [-0.05, 0) is 83.5 Å². The van der Waals surface area contributed by atoms with E-state index in [9.17, 15) is 61.0 Å². The van der Waals surface area contributed by atoms with Crippen molar-refractivity contribution in [3.8, 4) is 0 Å². The quantitative estimate of drug-likeness (QED) is 0.0199. The molecule has 19 heteroatoms. The number of aliphatic hydroxyl groups excluding tert-OH is 11. The molecule has 0 radical (unpaired) electrons. The average molecular weight is 1380 g/mol. The molecule has 3 fully saturated rings. The fraction of sp³-hybridized carbons (Fsp3) is 0.833. The summed E-state index contributed by atoms with van der Waals surface area (Å²) in [6, 6.07) is -1.01. The van der Waals surface area contributed by atoms with Crippen LogP contribution < -0.4 is 5.32 Å². The van der Waals surface area contributed by atoms with Crippen LogP contribution in [0.25, 0.3) is 0 Å². The fourth-order valence-electron chi connectivity index (χ4n) is 12.7. The van der Waals surface area contributed by atoms with Crippen LogP contribution in [0, 0.1) is 0 Å². The first-order valence-corrected chi connectivity index (χ1v) is 38.7. The number of unbranched alkanes of at least 4 members (excludes halogenated alkanes) is 34. The van der Waals surface area contributed by atoms with Crippen molar-refractivity contribution >= 4 is 5.91 Å². The third-order valence-electron chi connectivity index (χ3n) is 19.0. The maximum absolute atomic E-state index is 13.4. The predicted octanol–water partition coefficient (Wildman–Crippen LogP) is 12.1. The minimum atomic E-state index is -1.99. The van der Waals surface area contributed by atoms with E-state index in [1.54, 1.807) is 6.08 Å². The maximum atomic E-state index is 13.4. The molecule has 564 valence electrons. The van der Waals surface area contributed by atoms with Gasteiger partial charge in [-0.2, -0.15) is 0 Å². The van der Waals surface area contributed by atoms with E-state index < -0.39 is 124 Å². The van der Waals surface area contributed by atoms with Crippen LogP contribution in [0.5, 0.6) is 0 Å². The van der Waals surface area contributed by atoms with Crippen molar-refractivity contribution in [1.29, 1.82) is 0 Å². The molecule has 3 aliphatic rings. The maximum Gasteiger partial charge on any atom is 0.220 e. The average Bonchev–Trinajstić information content (AvgIpc) is 0.826. The van der Waals surface area contributed by atoms with E-state index in [0.717, 1.165) is 70.6 Å². The van der Waals surface area contributed by atoms with Crippen molar-refractivity contribution in [3.05, 3.63) is 72.9 Å². The molecule has 17 unspecified atom stereocenters. The smallest absolute Gasteiger partial charge is 0.220 e. The second kappa shape index (κ2) is 58.7. The number of rotatable bonds is 60. The zero-order valence-corrected chi connectivity index (χ0v) is 60.0. The number of carbonyl (C=O) groups excluding carboxylic acids is 1. The van der Waals surface area contributed by atoms with Crippen molar-refractivity contribution in [2.75, 3.05) is 26.4 Å². The standard InChI is InChI=1S/C78H139NO18/c1-3-5-7-9-11-13-15-17-19-21-23-25-27-28-29-30-31-32-34-35-37-39-41-43-45-47-49-51-53-55-62(83)61(79-66(84)56-54-52-50-48-46-44-42-40-38-36-33-26-24-22-20-18-16-14-12-10-8-6-4-2)60-92-76-72(90)69(87)74(64(58-81)94-76)97-78-73(91)70(88)75(65(59-82)95-78)96-77-71(89)68(86)67(85)63(57-80)93-77/h16,18,22,24,33,36-37,39,45,47,53,55,61-65,67-78,80-83,85-91H,3-15,17,19-21,23,25-32,34-35,38,40-44,46,48-52,54,56-60H2,1-2H3,(H,79,84)/b18-16-,24-22-,36-33-,39-37+,47-45+,55-53+. The highest BCUT2D eigenvalue weighted by molar-refractivity contribution is 5.76. The normalized spacial score (nSPS) is 27.3. The van der Waals surface area contributed by atoms with Crippen molar-refractivity contribution in [2.45, 2.75) is 388 Å². The second-order valence-electron chi connectivity index (χ2n) is 27.4. The minimum Gasteiger partial charge on any atom is -0.394 e. The molecule has 97 heavy (non-hydrogen) atoms. The van der Waals surface area contributed by atoms with Crippen molar-refractivity contribution in [2.24, 2.45) is 0 Å². The molecule has 3 aliphatic heterocycles. The van der Waals surface area contributed by atoms with Gasteiger partial charge >= 0.3 is 0 Å². The van der Waals surface area contributed by atoms with Gasteiger partial charge < -0.3 is 89.9 Å². The van der Waals surface area contributed by atoms with E-state index in [-0.39, 0.29) is 18.9 Å². The van der Waals surface area contributed by atoms with Gasteiger partial charge in [-0.25, -0.2) is 0 Å². The Labute approximate surface area is 585 Å². The van der Waals surface area contributed by atoms with Crippen LogP contribution in [0.15, 0.2) is 72.9 Å². The van der Waals surface area contributed by atoms with Gasteiger partial charge in [0.15, 0.2) is 18.9 Å². The summed E-state index contributed by atoms with van der Waals surface area (Å²) in [6.45, 7) is 1.71. The Morgan fingerprint density at radius 3 is 1.10 bits per heavy atom. The lowest BCUT2D eigenvalue weighted by Gasteiger charge is -2.48. The topological polar surface area (TPSA) is 307 Å². The molecule has 0 aromatic rings. The molecule has 3 saturated heterocycles. The molecule has 0 aliphatic carbocycles. The van der Waals surface area contributed by atoms with Crippen LogP contribution in [0.1, 0.15) is 284 Å². The molecule has 3 rings (SSSR count). The molecule has 0 aromatic heterocycles. The first-order chi connectivity index (χ1) is 47.3. The van der Waals surface area contributed by atoms with Crippen molar-refractivity contribution in [3.63, 3.8) is 0 Å². The second-order valence-corrected chi connectivity index (χ2v) is 27.4. The molecule has 12 N–H and O–H groups in total. The Hall–Kier alpha value is -2.77. The molecule has 0 spiro atoms. The predicted molar refractivity (Wildman–Crippen MR) is 383 cm³/mol. The number of nitrogens with one attached hydrogen (secondary N) is 1. The van der Waals surface area contributed by atoms with Gasteiger partial charge in [-0.15, -0.1) is 0 Å². The third-order valence-corrected chi connectivity index (χ3v) is 19.0. The molecule has 17 atom stereocenters. The summed E-state index contributed by atoms with van der Waals surface area (Å²) >= 11 is 0. The molecule has 0 aromatic carbocycles. The van der Waals surface area contributed by atoms with Crippen molar-refractivity contribution in [1.82, 2.24) is 5.32 Å². The van der Waals surface area contributed by atoms with Gasteiger partial charge in [0.05, 0.1) is 38.6 Å². The van der Waals surface area contributed by atoms with Gasteiger partial charge in [0.2, 0.25) is 5.91 Å². The summed E-state index contributed by atoms with van der Waals surface area (Å²) in [5.74, 6) is -0.297. The van der Waals surface area contributed by atoms with Gasteiger partial charge in [-0.3, -0.25) is 4.79 Å². The number of carbonyl (C=O) groups is 1. The lowest BCUT2D eigenvalue weighted by Crippen LogP contribution is -2.66. The summed E-state index contributed by atoms with van der Waals surface area (Å²) in [4.78, 5) is 13.4. The van der Waals surface area contributed by atoms with Gasteiger partial charge in [0.1, 0.15) is 73.2 Å². The molecular weight excluding hydrogens is 1240 g/mol. The molecule has 1 amide bonds. The number of hydrogen-bond acceptors (Lipinski definition) is 18. The van der Waals surface area contributed by atoms with E-state index >= 15 is 0 Å². The Morgan fingerprint density at radius 1 is 0.371 bits per heavy atom. The van der Waals surface area contributed by atoms with Crippen LogP contribution in [0.2, 0.25) is 0 Å². The summed E-state index contributed by atoms with van der Waals surface area (Å²) in [6.07, 6.45) is 48.8. The van der Waals surface area contributed by atoms with Crippen LogP contribution in [-0.4, -0.2) is 193 Å². The summed E-state index contributed by atoms with van der Waals surface area (Å²) in [7, 11) is 0. The first kappa shape index (κ1) is 88.4.